The number of methoxy groups -OCH3 is 2. The van der Waals surface area contributed by atoms with E-state index in [-0.39, 0.29) is 12.1 Å². The molecule has 0 fully saturated rings. The summed E-state index contributed by atoms with van der Waals surface area (Å²) in [7, 11) is 3.12. The molecule has 2 rings (SSSR count). The predicted octanol–water partition coefficient (Wildman–Crippen LogP) is 2.99. The van der Waals surface area contributed by atoms with Gasteiger partial charge in [-0.15, -0.1) is 0 Å². The van der Waals surface area contributed by atoms with Gasteiger partial charge in [-0.2, -0.15) is 0 Å². The van der Waals surface area contributed by atoms with Crippen molar-refractivity contribution in [3.63, 3.8) is 0 Å². The van der Waals surface area contributed by atoms with E-state index in [9.17, 15) is 9.50 Å². The molecule has 0 aromatic heterocycles. The van der Waals surface area contributed by atoms with Gasteiger partial charge < -0.3 is 19.9 Å². The van der Waals surface area contributed by atoms with Crippen LogP contribution in [0.2, 0.25) is 0 Å². The number of rotatable bonds is 6. The van der Waals surface area contributed by atoms with Gasteiger partial charge in [-0.3, -0.25) is 0 Å². The van der Waals surface area contributed by atoms with E-state index in [0.717, 1.165) is 0 Å². The molecule has 21 heavy (non-hydrogen) atoms. The van der Waals surface area contributed by atoms with Crippen LogP contribution in [-0.4, -0.2) is 25.9 Å². The number of anilines is 1. The Morgan fingerprint density at radius 2 is 1.90 bits per heavy atom. The van der Waals surface area contributed by atoms with Gasteiger partial charge in [0.05, 0.1) is 26.0 Å². The smallest absolute Gasteiger partial charge is 0.145 e. The molecule has 2 aromatic carbocycles. The third kappa shape index (κ3) is 3.64. The monoisotopic (exact) mass is 291 g/mol. The van der Waals surface area contributed by atoms with Crippen LogP contribution in [0.4, 0.5) is 10.1 Å². The average Bonchev–Trinajstić information content (AvgIpc) is 2.52. The molecule has 0 saturated heterocycles. The first-order chi connectivity index (χ1) is 10.2. The van der Waals surface area contributed by atoms with E-state index < -0.39 is 11.9 Å². The van der Waals surface area contributed by atoms with Crippen molar-refractivity contribution in [3.8, 4) is 11.5 Å². The summed E-state index contributed by atoms with van der Waals surface area (Å²) in [5.41, 5.74) is 0.964. The van der Waals surface area contributed by atoms with Crippen LogP contribution in [0, 0.1) is 5.82 Å². The normalized spacial score (nSPS) is 11.8. The second kappa shape index (κ2) is 6.95. The molecule has 4 nitrogen and oxygen atoms in total. The molecule has 0 spiro atoms. The first-order valence-electron chi connectivity index (χ1n) is 6.54. The Bertz CT molecular complexity index is 604. The van der Waals surface area contributed by atoms with E-state index in [2.05, 4.69) is 5.32 Å². The summed E-state index contributed by atoms with van der Waals surface area (Å²) in [5.74, 6) is 0.843. The molecule has 5 heteroatoms. The van der Waals surface area contributed by atoms with Gasteiger partial charge in [-0.1, -0.05) is 18.2 Å². The maximum Gasteiger partial charge on any atom is 0.145 e. The molecule has 2 N–H and O–H groups in total. The second-order valence-corrected chi connectivity index (χ2v) is 4.48. The topological polar surface area (TPSA) is 50.7 Å². The van der Waals surface area contributed by atoms with Crippen molar-refractivity contribution >= 4 is 5.69 Å². The lowest BCUT2D eigenvalue weighted by molar-refractivity contribution is 0.186. The third-order valence-electron chi connectivity index (χ3n) is 3.16. The van der Waals surface area contributed by atoms with Crippen molar-refractivity contribution in [2.24, 2.45) is 0 Å². The lowest BCUT2D eigenvalue weighted by Gasteiger charge is -2.16. The fraction of sp³-hybridized carbons (Fsp3) is 0.250. The summed E-state index contributed by atoms with van der Waals surface area (Å²) in [5, 5.41) is 13.1. The number of aliphatic hydroxyl groups is 1. The van der Waals surface area contributed by atoms with Crippen molar-refractivity contribution in [2.75, 3.05) is 26.1 Å². The van der Waals surface area contributed by atoms with Crippen LogP contribution in [0.15, 0.2) is 42.5 Å². The summed E-state index contributed by atoms with van der Waals surface area (Å²) >= 11 is 0. The number of aliphatic hydroxyl groups excluding tert-OH is 1. The highest BCUT2D eigenvalue weighted by Crippen LogP contribution is 2.29. The van der Waals surface area contributed by atoms with Crippen LogP contribution < -0.4 is 14.8 Å². The molecular formula is C16H18FNO3. The predicted molar refractivity (Wildman–Crippen MR) is 79.4 cm³/mol. The van der Waals surface area contributed by atoms with Gasteiger partial charge in [0.15, 0.2) is 0 Å². The molecule has 0 radical (unpaired) electrons. The van der Waals surface area contributed by atoms with Crippen molar-refractivity contribution in [1.82, 2.24) is 0 Å². The molecule has 0 heterocycles. The standard InChI is InChI=1S/C16H18FNO3/c1-20-11-7-8-14(16(9-11)21-2)18-10-15(19)12-5-3-4-6-13(12)17/h3-9,15,18-19H,10H2,1-2H3. The van der Waals surface area contributed by atoms with Gasteiger partial charge in [0.1, 0.15) is 17.3 Å². The SMILES string of the molecule is COc1ccc(NCC(O)c2ccccc2F)c(OC)c1. The zero-order valence-corrected chi connectivity index (χ0v) is 12.0. The quantitative estimate of drug-likeness (QED) is 0.859. The van der Waals surface area contributed by atoms with Gasteiger partial charge in [-0.25, -0.2) is 4.39 Å². The van der Waals surface area contributed by atoms with Crippen LogP contribution in [0.3, 0.4) is 0 Å². The van der Waals surface area contributed by atoms with Gasteiger partial charge in [0, 0.05) is 18.2 Å². The van der Waals surface area contributed by atoms with E-state index in [1.165, 1.54) is 6.07 Å². The number of halogens is 1. The molecule has 112 valence electrons. The zero-order chi connectivity index (χ0) is 15.2. The number of hydrogen-bond donors (Lipinski definition) is 2. The maximum atomic E-state index is 13.6. The molecule has 0 amide bonds. The van der Waals surface area contributed by atoms with Gasteiger partial charge >= 0.3 is 0 Å². The van der Waals surface area contributed by atoms with Crippen LogP contribution in [0.5, 0.6) is 11.5 Å². The van der Waals surface area contributed by atoms with Crippen molar-refractivity contribution < 1.29 is 19.0 Å². The lowest BCUT2D eigenvalue weighted by atomic mass is 10.1. The summed E-state index contributed by atoms with van der Waals surface area (Å²) in [6.07, 6.45) is -0.946. The van der Waals surface area contributed by atoms with Crippen LogP contribution >= 0.6 is 0 Å². The number of benzene rings is 2. The number of ether oxygens (including phenoxy) is 2. The van der Waals surface area contributed by atoms with E-state index >= 15 is 0 Å². The number of nitrogens with one attached hydrogen (secondary N) is 1. The van der Waals surface area contributed by atoms with E-state index in [4.69, 9.17) is 9.47 Å². The van der Waals surface area contributed by atoms with Crippen LogP contribution in [0.25, 0.3) is 0 Å². The average molecular weight is 291 g/mol. The fourth-order valence-corrected chi connectivity index (χ4v) is 2.01. The molecule has 0 aliphatic rings. The highest BCUT2D eigenvalue weighted by molar-refractivity contribution is 5.59. The molecule has 1 atom stereocenters. The summed E-state index contributed by atoms with van der Waals surface area (Å²) in [6, 6.07) is 11.5. The highest BCUT2D eigenvalue weighted by atomic mass is 19.1. The highest BCUT2D eigenvalue weighted by Gasteiger charge is 2.13. The molecule has 0 saturated carbocycles. The zero-order valence-electron chi connectivity index (χ0n) is 12.0. The Hall–Kier alpha value is -2.27. The molecule has 2 aromatic rings. The van der Waals surface area contributed by atoms with Crippen LogP contribution in [-0.2, 0) is 0 Å². The molecular weight excluding hydrogens is 273 g/mol. The van der Waals surface area contributed by atoms with E-state index in [1.54, 1.807) is 50.6 Å². The van der Waals surface area contributed by atoms with E-state index in [0.29, 0.717) is 17.2 Å². The minimum Gasteiger partial charge on any atom is -0.497 e. The first-order valence-corrected chi connectivity index (χ1v) is 6.54. The fourth-order valence-electron chi connectivity index (χ4n) is 2.01. The van der Waals surface area contributed by atoms with Crippen molar-refractivity contribution in [2.45, 2.75) is 6.10 Å². The van der Waals surface area contributed by atoms with Gasteiger partial charge in [-0.05, 0) is 18.2 Å². The summed E-state index contributed by atoms with van der Waals surface area (Å²) in [6.45, 7) is 0.170. The van der Waals surface area contributed by atoms with Crippen molar-refractivity contribution in [3.05, 3.63) is 53.8 Å². The number of hydrogen-bond acceptors (Lipinski definition) is 4. The van der Waals surface area contributed by atoms with Crippen LogP contribution in [0.1, 0.15) is 11.7 Å². The summed E-state index contributed by atoms with van der Waals surface area (Å²) in [4.78, 5) is 0. The third-order valence-corrected chi connectivity index (χ3v) is 3.16. The molecule has 0 aliphatic carbocycles. The Balaban J connectivity index is 2.08. The molecule has 0 aliphatic heterocycles. The molecule has 1 unspecified atom stereocenters. The maximum absolute atomic E-state index is 13.6. The second-order valence-electron chi connectivity index (χ2n) is 4.48. The minimum absolute atomic E-state index is 0.170. The molecule has 0 bridgehead atoms. The van der Waals surface area contributed by atoms with Gasteiger partial charge in [0.2, 0.25) is 0 Å². The minimum atomic E-state index is -0.946. The Labute approximate surface area is 123 Å². The Morgan fingerprint density at radius 3 is 2.57 bits per heavy atom. The first kappa shape index (κ1) is 15.1. The van der Waals surface area contributed by atoms with Gasteiger partial charge in [0.25, 0.3) is 0 Å². The summed E-state index contributed by atoms with van der Waals surface area (Å²) < 4.78 is 23.9. The lowest BCUT2D eigenvalue weighted by Crippen LogP contribution is -2.14. The Kier molecular flexibility index (Phi) is 5.00. The van der Waals surface area contributed by atoms with Crippen molar-refractivity contribution in [1.29, 1.82) is 0 Å². The Morgan fingerprint density at radius 1 is 1.14 bits per heavy atom. The van der Waals surface area contributed by atoms with E-state index in [1.807, 2.05) is 0 Å². The largest absolute Gasteiger partial charge is 0.497 e.